The van der Waals surface area contributed by atoms with Crippen molar-refractivity contribution in [2.45, 2.75) is 20.4 Å². The van der Waals surface area contributed by atoms with Crippen molar-refractivity contribution >= 4 is 5.97 Å². The van der Waals surface area contributed by atoms with Crippen molar-refractivity contribution in [1.29, 1.82) is 0 Å². The predicted molar refractivity (Wildman–Crippen MR) is 80.6 cm³/mol. The van der Waals surface area contributed by atoms with Crippen LogP contribution in [0, 0.1) is 13.8 Å². The van der Waals surface area contributed by atoms with Gasteiger partial charge < -0.3 is 5.11 Å². The molecule has 5 nitrogen and oxygen atoms in total. The Labute approximate surface area is 122 Å². The summed E-state index contributed by atoms with van der Waals surface area (Å²) in [5.41, 5.74) is 2.52. The van der Waals surface area contributed by atoms with Crippen LogP contribution in [0.25, 0.3) is 11.3 Å². The summed E-state index contributed by atoms with van der Waals surface area (Å²) >= 11 is 0. The molecule has 2 rings (SSSR count). The molecule has 1 aromatic carbocycles. The maximum absolute atomic E-state index is 12.0. The van der Waals surface area contributed by atoms with Gasteiger partial charge in [-0.3, -0.25) is 4.79 Å². The maximum Gasteiger partial charge on any atom is 0.341 e. The van der Waals surface area contributed by atoms with E-state index in [9.17, 15) is 9.59 Å². The second kappa shape index (κ2) is 5.75. The van der Waals surface area contributed by atoms with Gasteiger partial charge >= 0.3 is 5.97 Å². The Morgan fingerprint density at radius 1 is 1.33 bits per heavy atom. The van der Waals surface area contributed by atoms with Crippen LogP contribution >= 0.6 is 0 Å². The van der Waals surface area contributed by atoms with Crippen LogP contribution in [-0.4, -0.2) is 20.9 Å². The van der Waals surface area contributed by atoms with E-state index in [4.69, 9.17) is 5.11 Å². The maximum atomic E-state index is 12.0. The summed E-state index contributed by atoms with van der Waals surface area (Å²) in [6.07, 6.45) is 1.50. The Morgan fingerprint density at radius 3 is 2.62 bits per heavy atom. The third kappa shape index (κ3) is 2.91. The van der Waals surface area contributed by atoms with Crippen LogP contribution in [0.2, 0.25) is 0 Å². The van der Waals surface area contributed by atoms with E-state index in [0.717, 1.165) is 21.4 Å². The number of carboxylic acid groups (broad SMARTS) is 1. The predicted octanol–water partition coefficient (Wildman–Crippen LogP) is 2.41. The van der Waals surface area contributed by atoms with Crippen LogP contribution in [0.4, 0.5) is 0 Å². The van der Waals surface area contributed by atoms with E-state index in [0.29, 0.717) is 5.69 Å². The quantitative estimate of drug-likeness (QED) is 0.875. The highest BCUT2D eigenvalue weighted by Crippen LogP contribution is 2.20. The highest BCUT2D eigenvalue weighted by atomic mass is 16.4. The number of nitrogens with zero attached hydrogens (tertiary/aromatic N) is 2. The molecule has 2 aromatic rings. The van der Waals surface area contributed by atoms with E-state index in [2.05, 4.69) is 11.7 Å². The summed E-state index contributed by atoms with van der Waals surface area (Å²) in [5, 5.41) is 13.4. The third-order valence-corrected chi connectivity index (χ3v) is 3.31. The average Bonchev–Trinajstić information content (AvgIpc) is 2.44. The zero-order valence-corrected chi connectivity index (χ0v) is 12.0. The minimum absolute atomic E-state index is 0.164. The lowest BCUT2D eigenvalue weighted by molar-refractivity contribution is 0.0694. The van der Waals surface area contributed by atoms with Crippen molar-refractivity contribution in [2.75, 3.05) is 0 Å². The number of hydrogen-bond acceptors (Lipinski definition) is 3. The van der Waals surface area contributed by atoms with E-state index in [1.54, 1.807) is 0 Å². The molecule has 0 aliphatic rings. The number of hydrogen-bond donors (Lipinski definition) is 1. The van der Waals surface area contributed by atoms with Gasteiger partial charge in [0, 0.05) is 5.56 Å². The molecule has 1 N–H and O–H groups in total. The zero-order chi connectivity index (χ0) is 15.6. The Balaban J connectivity index is 2.68. The van der Waals surface area contributed by atoms with Crippen molar-refractivity contribution < 1.29 is 9.90 Å². The van der Waals surface area contributed by atoms with Crippen LogP contribution in [0.3, 0.4) is 0 Å². The van der Waals surface area contributed by atoms with Crippen LogP contribution in [0.5, 0.6) is 0 Å². The molecule has 0 spiro atoms. The molecule has 1 aromatic heterocycles. The lowest BCUT2D eigenvalue weighted by Crippen LogP contribution is -2.28. The molecule has 0 saturated heterocycles. The summed E-state index contributed by atoms with van der Waals surface area (Å²) in [4.78, 5) is 23.2. The molecule has 5 heteroatoms. The molecular formula is C16H16N2O3. The molecule has 0 aliphatic heterocycles. The Morgan fingerprint density at radius 2 is 2.05 bits per heavy atom. The minimum Gasteiger partial charge on any atom is -0.477 e. The van der Waals surface area contributed by atoms with E-state index >= 15 is 0 Å². The molecule has 0 fully saturated rings. The van der Waals surface area contributed by atoms with Crippen LogP contribution < -0.4 is 5.56 Å². The van der Waals surface area contributed by atoms with Gasteiger partial charge in [0.05, 0.1) is 12.2 Å². The minimum atomic E-state index is -1.26. The molecule has 1 heterocycles. The number of rotatable bonds is 4. The largest absolute Gasteiger partial charge is 0.477 e. The van der Waals surface area contributed by atoms with Crippen LogP contribution in [-0.2, 0) is 6.54 Å². The van der Waals surface area contributed by atoms with Gasteiger partial charge in [-0.1, -0.05) is 18.2 Å². The molecule has 0 amide bonds. The average molecular weight is 284 g/mol. The summed E-state index contributed by atoms with van der Waals surface area (Å²) < 4.78 is 1.11. The summed E-state index contributed by atoms with van der Waals surface area (Å²) in [7, 11) is 0. The first-order valence-corrected chi connectivity index (χ1v) is 6.48. The lowest BCUT2D eigenvalue weighted by atomic mass is 10.0. The summed E-state index contributed by atoms with van der Waals surface area (Å²) in [6.45, 7) is 7.68. The van der Waals surface area contributed by atoms with E-state index in [-0.39, 0.29) is 12.1 Å². The van der Waals surface area contributed by atoms with Gasteiger partial charge in [0.15, 0.2) is 0 Å². The Kier molecular flexibility index (Phi) is 4.03. The van der Waals surface area contributed by atoms with Gasteiger partial charge in [-0.05, 0) is 37.1 Å². The molecule has 0 unspecified atom stereocenters. The standard InChI is InChI=1S/C16H16N2O3/c1-4-7-18-15(19)13(16(20)21)9-14(17-18)12-6-5-10(2)11(3)8-12/h4-6,8-9H,1,7H2,2-3H3,(H,20,21). The Hall–Kier alpha value is -2.69. The first-order valence-electron chi connectivity index (χ1n) is 6.48. The molecule has 21 heavy (non-hydrogen) atoms. The molecule has 0 atom stereocenters. The molecule has 0 saturated carbocycles. The van der Waals surface area contributed by atoms with Gasteiger partial charge in [-0.25, -0.2) is 9.48 Å². The second-order valence-electron chi connectivity index (χ2n) is 4.82. The molecule has 0 bridgehead atoms. The fourth-order valence-corrected chi connectivity index (χ4v) is 1.98. The zero-order valence-electron chi connectivity index (χ0n) is 12.0. The first-order chi connectivity index (χ1) is 9.93. The molecule has 0 aliphatic carbocycles. The number of aromatic nitrogens is 2. The van der Waals surface area contributed by atoms with Crippen molar-refractivity contribution in [3.63, 3.8) is 0 Å². The number of aromatic carboxylic acids is 1. The fraction of sp³-hybridized carbons (Fsp3) is 0.188. The van der Waals surface area contributed by atoms with Gasteiger partial charge in [0.1, 0.15) is 5.56 Å². The monoisotopic (exact) mass is 284 g/mol. The van der Waals surface area contributed by atoms with Gasteiger partial charge in [-0.15, -0.1) is 6.58 Å². The number of allylic oxidation sites excluding steroid dienone is 1. The SMILES string of the molecule is C=CCn1nc(-c2ccc(C)c(C)c2)cc(C(=O)O)c1=O. The highest BCUT2D eigenvalue weighted by molar-refractivity contribution is 5.88. The second-order valence-corrected chi connectivity index (χ2v) is 4.82. The Bertz CT molecular complexity index is 776. The van der Waals surface area contributed by atoms with Gasteiger partial charge in [-0.2, -0.15) is 5.10 Å². The van der Waals surface area contributed by atoms with Gasteiger partial charge in [0.2, 0.25) is 0 Å². The number of carboxylic acids is 1. The van der Waals surface area contributed by atoms with E-state index in [1.165, 1.54) is 12.1 Å². The van der Waals surface area contributed by atoms with Crippen molar-refractivity contribution in [3.05, 3.63) is 64.0 Å². The van der Waals surface area contributed by atoms with E-state index < -0.39 is 11.5 Å². The summed E-state index contributed by atoms with van der Waals surface area (Å²) in [6, 6.07) is 7.04. The summed E-state index contributed by atoms with van der Waals surface area (Å²) in [5.74, 6) is -1.26. The van der Waals surface area contributed by atoms with Crippen LogP contribution in [0.15, 0.2) is 41.7 Å². The number of aryl methyl sites for hydroxylation is 2. The molecular weight excluding hydrogens is 268 g/mol. The normalized spacial score (nSPS) is 10.4. The smallest absolute Gasteiger partial charge is 0.341 e. The topological polar surface area (TPSA) is 72.2 Å². The van der Waals surface area contributed by atoms with Crippen LogP contribution in [0.1, 0.15) is 21.5 Å². The van der Waals surface area contributed by atoms with Crippen molar-refractivity contribution in [3.8, 4) is 11.3 Å². The van der Waals surface area contributed by atoms with Crippen molar-refractivity contribution in [2.24, 2.45) is 0 Å². The van der Waals surface area contributed by atoms with Crippen molar-refractivity contribution in [1.82, 2.24) is 9.78 Å². The molecule has 108 valence electrons. The highest BCUT2D eigenvalue weighted by Gasteiger charge is 2.15. The third-order valence-electron chi connectivity index (χ3n) is 3.31. The van der Waals surface area contributed by atoms with Gasteiger partial charge in [0.25, 0.3) is 5.56 Å². The lowest BCUT2D eigenvalue weighted by Gasteiger charge is -2.09. The molecule has 0 radical (unpaired) electrons. The number of carbonyl (C=O) groups is 1. The van der Waals surface area contributed by atoms with E-state index in [1.807, 2.05) is 32.0 Å². The fourth-order valence-electron chi connectivity index (χ4n) is 1.98. The first kappa shape index (κ1) is 14.7. The number of benzene rings is 1.